The van der Waals surface area contributed by atoms with Gasteiger partial charge in [0.05, 0.1) is 6.07 Å². The van der Waals surface area contributed by atoms with Gasteiger partial charge in [-0.1, -0.05) is 26.2 Å². The van der Waals surface area contributed by atoms with Gasteiger partial charge in [-0.25, -0.2) is 0 Å². The monoisotopic (exact) mass is 248 g/mol. The summed E-state index contributed by atoms with van der Waals surface area (Å²) in [5.74, 6) is 0.135. The van der Waals surface area contributed by atoms with Gasteiger partial charge >= 0.3 is 0 Å². The van der Waals surface area contributed by atoms with Crippen LogP contribution in [0.5, 0.6) is 0 Å². The van der Waals surface area contributed by atoms with Crippen molar-refractivity contribution in [2.45, 2.75) is 70.8 Å². The van der Waals surface area contributed by atoms with Gasteiger partial charge in [0.25, 0.3) is 0 Å². The Hall–Kier alpha value is -1.04. The lowest BCUT2D eigenvalue weighted by Crippen LogP contribution is -2.50. The maximum atomic E-state index is 12.8. The first-order chi connectivity index (χ1) is 8.73. The van der Waals surface area contributed by atoms with E-state index in [9.17, 15) is 10.1 Å². The smallest absolute Gasteiger partial charge is 0.243 e. The standard InChI is InChI=1S/C15H24N2O/c1-2-13-8-4-7-11-17(13)14(18)15(12-16)9-5-3-6-10-15/h13H,2-11H2,1H3. The Morgan fingerprint density at radius 1 is 1.28 bits per heavy atom. The van der Waals surface area contributed by atoms with Gasteiger partial charge in [-0.3, -0.25) is 4.79 Å². The maximum Gasteiger partial charge on any atom is 0.243 e. The summed E-state index contributed by atoms with van der Waals surface area (Å²) in [6.07, 6.45) is 9.24. The first-order valence-corrected chi connectivity index (χ1v) is 7.46. The molecule has 1 saturated heterocycles. The summed E-state index contributed by atoms with van der Waals surface area (Å²) < 4.78 is 0. The lowest BCUT2D eigenvalue weighted by Gasteiger charge is -2.41. The molecule has 3 heteroatoms. The van der Waals surface area contributed by atoms with Crippen LogP contribution in [0.25, 0.3) is 0 Å². The van der Waals surface area contributed by atoms with Crippen LogP contribution in [0.15, 0.2) is 0 Å². The van der Waals surface area contributed by atoms with E-state index in [1.807, 2.05) is 4.90 Å². The van der Waals surface area contributed by atoms with Crippen molar-refractivity contribution in [1.82, 2.24) is 4.90 Å². The average Bonchev–Trinajstić information content (AvgIpc) is 2.47. The summed E-state index contributed by atoms with van der Waals surface area (Å²) in [6, 6.07) is 2.74. The minimum Gasteiger partial charge on any atom is -0.338 e. The number of piperidine rings is 1. The van der Waals surface area contributed by atoms with Gasteiger partial charge in [0.15, 0.2) is 0 Å². The molecule has 0 aromatic heterocycles. The van der Waals surface area contributed by atoms with Crippen LogP contribution in [0.1, 0.15) is 64.7 Å². The second-order valence-corrected chi connectivity index (χ2v) is 5.81. The van der Waals surface area contributed by atoms with E-state index in [0.717, 1.165) is 51.5 Å². The molecule has 0 N–H and O–H groups in total. The molecule has 1 amide bonds. The lowest BCUT2D eigenvalue weighted by atomic mass is 9.73. The fourth-order valence-electron chi connectivity index (χ4n) is 3.50. The summed E-state index contributed by atoms with van der Waals surface area (Å²) in [7, 11) is 0. The van der Waals surface area contributed by atoms with E-state index < -0.39 is 5.41 Å². The fourth-order valence-corrected chi connectivity index (χ4v) is 3.50. The van der Waals surface area contributed by atoms with Crippen molar-refractivity contribution in [3.63, 3.8) is 0 Å². The molecule has 1 aliphatic heterocycles. The minimum absolute atomic E-state index is 0.135. The molecule has 2 fully saturated rings. The zero-order valence-electron chi connectivity index (χ0n) is 11.5. The van der Waals surface area contributed by atoms with Gasteiger partial charge < -0.3 is 4.90 Å². The molecule has 1 saturated carbocycles. The van der Waals surface area contributed by atoms with E-state index in [1.165, 1.54) is 12.8 Å². The third-order valence-corrected chi connectivity index (χ3v) is 4.69. The molecular weight excluding hydrogens is 224 g/mol. The van der Waals surface area contributed by atoms with Crippen molar-refractivity contribution < 1.29 is 4.79 Å². The van der Waals surface area contributed by atoms with E-state index >= 15 is 0 Å². The Morgan fingerprint density at radius 2 is 2.00 bits per heavy atom. The van der Waals surface area contributed by atoms with Crippen molar-refractivity contribution in [3.8, 4) is 6.07 Å². The molecule has 1 aliphatic carbocycles. The summed E-state index contributed by atoms with van der Waals surface area (Å²) >= 11 is 0. The van der Waals surface area contributed by atoms with Gasteiger partial charge in [-0.05, 0) is 38.5 Å². The molecule has 0 aromatic rings. The molecule has 18 heavy (non-hydrogen) atoms. The predicted molar refractivity (Wildman–Crippen MR) is 70.8 cm³/mol. The highest BCUT2D eigenvalue weighted by Gasteiger charge is 2.44. The highest BCUT2D eigenvalue weighted by atomic mass is 16.2. The number of nitriles is 1. The largest absolute Gasteiger partial charge is 0.338 e. The number of carbonyl (C=O) groups is 1. The Morgan fingerprint density at radius 3 is 2.61 bits per heavy atom. The number of hydrogen-bond donors (Lipinski definition) is 0. The van der Waals surface area contributed by atoms with Gasteiger partial charge in [0.2, 0.25) is 5.91 Å². The SMILES string of the molecule is CCC1CCCCN1C(=O)C1(C#N)CCCCC1. The van der Waals surface area contributed by atoms with Crippen LogP contribution in [0, 0.1) is 16.7 Å². The van der Waals surface area contributed by atoms with Crippen LogP contribution in [-0.2, 0) is 4.79 Å². The van der Waals surface area contributed by atoms with Crippen molar-refractivity contribution in [2.24, 2.45) is 5.41 Å². The maximum absolute atomic E-state index is 12.8. The number of likely N-dealkylation sites (tertiary alicyclic amines) is 1. The highest BCUT2D eigenvalue weighted by molar-refractivity contribution is 5.86. The number of carbonyl (C=O) groups excluding carboxylic acids is 1. The predicted octanol–water partition coefficient (Wildman–Crippen LogP) is 3.25. The topological polar surface area (TPSA) is 44.1 Å². The molecule has 0 aromatic carbocycles. The van der Waals surface area contributed by atoms with E-state index in [0.29, 0.717) is 6.04 Å². The van der Waals surface area contributed by atoms with Crippen LogP contribution in [0.2, 0.25) is 0 Å². The normalized spacial score (nSPS) is 27.6. The number of rotatable bonds is 2. The van der Waals surface area contributed by atoms with Crippen LogP contribution in [0.3, 0.4) is 0 Å². The van der Waals surface area contributed by atoms with E-state index in [2.05, 4.69) is 13.0 Å². The summed E-state index contributed by atoms with van der Waals surface area (Å²) in [6.45, 7) is 3.01. The lowest BCUT2D eigenvalue weighted by molar-refractivity contribution is -0.144. The molecule has 0 spiro atoms. The van der Waals surface area contributed by atoms with Crippen molar-refractivity contribution >= 4 is 5.91 Å². The van der Waals surface area contributed by atoms with Gasteiger partial charge in [-0.2, -0.15) is 5.26 Å². The van der Waals surface area contributed by atoms with Crippen molar-refractivity contribution in [1.29, 1.82) is 5.26 Å². The van der Waals surface area contributed by atoms with E-state index in [1.54, 1.807) is 0 Å². The molecule has 2 rings (SSSR count). The summed E-state index contributed by atoms with van der Waals surface area (Å²) in [5, 5.41) is 9.50. The van der Waals surface area contributed by atoms with Crippen LogP contribution >= 0.6 is 0 Å². The zero-order chi connectivity index (χ0) is 13.0. The zero-order valence-corrected chi connectivity index (χ0v) is 11.5. The molecule has 0 bridgehead atoms. The Balaban J connectivity index is 2.15. The Kier molecular flexibility index (Phi) is 4.27. The van der Waals surface area contributed by atoms with E-state index in [-0.39, 0.29) is 5.91 Å². The Labute approximate surface area is 110 Å². The second kappa shape index (κ2) is 5.73. The third kappa shape index (κ3) is 2.39. The first kappa shape index (κ1) is 13.4. The summed E-state index contributed by atoms with van der Waals surface area (Å²) in [5.41, 5.74) is -0.691. The molecule has 0 radical (unpaired) electrons. The average molecular weight is 248 g/mol. The quantitative estimate of drug-likeness (QED) is 0.753. The molecule has 100 valence electrons. The van der Waals surface area contributed by atoms with Crippen LogP contribution in [0.4, 0.5) is 0 Å². The molecule has 3 nitrogen and oxygen atoms in total. The Bertz CT molecular complexity index is 339. The molecular formula is C15H24N2O. The first-order valence-electron chi connectivity index (χ1n) is 7.46. The summed E-state index contributed by atoms with van der Waals surface area (Å²) in [4.78, 5) is 14.8. The molecule has 1 heterocycles. The van der Waals surface area contributed by atoms with E-state index in [4.69, 9.17) is 0 Å². The van der Waals surface area contributed by atoms with Gasteiger partial charge in [-0.15, -0.1) is 0 Å². The molecule has 2 aliphatic rings. The number of amides is 1. The minimum atomic E-state index is -0.691. The number of hydrogen-bond acceptors (Lipinski definition) is 2. The number of nitrogens with zero attached hydrogens (tertiary/aromatic N) is 2. The molecule has 1 unspecified atom stereocenters. The van der Waals surface area contributed by atoms with Crippen LogP contribution in [-0.4, -0.2) is 23.4 Å². The second-order valence-electron chi connectivity index (χ2n) is 5.81. The fraction of sp³-hybridized carbons (Fsp3) is 0.867. The third-order valence-electron chi connectivity index (χ3n) is 4.69. The van der Waals surface area contributed by atoms with Crippen molar-refractivity contribution in [3.05, 3.63) is 0 Å². The van der Waals surface area contributed by atoms with Crippen LogP contribution < -0.4 is 0 Å². The van der Waals surface area contributed by atoms with Gasteiger partial charge in [0, 0.05) is 12.6 Å². The molecule has 1 atom stereocenters. The van der Waals surface area contributed by atoms with Gasteiger partial charge in [0.1, 0.15) is 5.41 Å². The van der Waals surface area contributed by atoms with Crippen molar-refractivity contribution in [2.75, 3.05) is 6.54 Å². The highest BCUT2D eigenvalue weighted by Crippen LogP contribution is 2.39.